The molecule has 0 unspecified atom stereocenters. The van der Waals surface area contributed by atoms with E-state index in [0.717, 1.165) is 0 Å². The van der Waals surface area contributed by atoms with Crippen molar-refractivity contribution in [2.45, 2.75) is 33.1 Å². The van der Waals surface area contributed by atoms with Gasteiger partial charge in [-0.1, -0.05) is 43.7 Å². The summed E-state index contributed by atoms with van der Waals surface area (Å²) in [6, 6.07) is 10.6. The number of benzene rings is 1. The first kappa shape index (κ1) is 14.8. The van der Waals surface area contributed by atoms with Gasteiger partial charge >= 0.3 is 41.2 Å². The van der Waals surface area contributed by atoms with Crippen LogP contribution in [-0.2, 0) is 12.6 Å². The molecule has 0 N–H and O–H groups in total. The third-order valence-electron chi connectivity index (χ3n) is 1.90. The number of unbranched alkanes of at least 4 members (excludes halogenated alkanes) is 1. The van der Waals surface area contributed by atoms with E-state index >= 15 is 0 Å². The fourth-order valence-electron chi connectivity index (χ4n) is 1.09. The Balaban J connectivity index is 0.000000336. The van der Waals surface area contributed by atoms with E-state index in [-0.39, 0.29) is 0 Å². The minimum atomic E-state index is -1.68. The molecule has 15 heavy (non-hydrogen) atoms. The number of rotatable bonds is 5. The van der Waals surface area contributed by atoms with Gasteiger partial charge in [0.15, 0.2) is 0 Å². The van der Waals surface area contributed by atoms with Crippen molar-refractivity contribution in [1.29, 1.82) is 0 Å². The molecule has 0 saturated heterocycles. The van der Waals surface area contributed by atoms with Crippen molar-refractivity contribution < 1.29 is 6.15 Å². The van der Waals surface area contributed by atoms with Gasteiger partial charge in [0, 0.05) is 0 Å². The molecule has 0 radical (unpaired) electrons. The van der Waals surface area contributed by atoms with Gasteiger partial charge in [-0.2, -0.15) is 0 Å². The summed E-state index contributed by atoms with van der Waals surface area (Å²) in [6.45, 7) is 4.68. The summed E-state index contributed by atoms with van der Waals surface area (Å²) in [5, 5.41) is 0. The molecule has 0 spiro atoms. The van der Waals surface area contributed by atoms with Crippen molar-refractivity contribution in [1.82, 2.24) is 0 Å². The predicted molar refractivity (Wildman–Crippen MR) is 64.5 cm³/mol. The van der Waals surface area contributed by atoms with Crippen LogP contribution >= 0.6 is 0 Å². The zero-order valence-corrected chi connectivity index (χ0v) is 12.9. The van der Waals surface area contributed by atoms with Crippen LogP contribution in [0.1, 0.15) is 32.3 Å². The Morgan fingerprint density at radius 3 is 2.27 bits per heavy atom. The van der Waals surface area contributed by atoms with Crippen molar-refractivity contribution in [3.63, 3.8) is 0 Å². The zero-order chi connectivity index (χ0) is 11.4. The van der Waals surface area contributed by atoms with Gasteiger partial charge in [-0.25, -0.2) is 0 Å². The molecule has 1 aromatic rings. The number of hydrogen-bond acceptors (Lipinski definition) is 2. The topological polar surface area (TPSA) is 26.3 Å². The number of aryl methyl sites for hydroxylation is 1. The van der Waals surface area contributed by atoms with Crippen LogP contribution < -0.4 is 0 Å². The zero-order valence-electron chi connectivity index (χ0n) is 9.61. The van der Waals surface area contributed by atoms with Gasteiger partial charge in [-0.3, -0.25) is 0 Å². The maximum absolute atomic E-state index is 9.50. The van der Waals surface area contributed by atoms with Gasteiger partial charge in [0.25, 0.3) is 0 Å². The fraction of sp³-hybridized carbons (Fsp3) is 0.500. The number of hydrogen-bond donors (Lipinski definition) is 0. The van der Waals surface area contributed by atoms with Crippen molar-refractivity contribution in [3.8, 4) is 0 Å². The quantitative estimate of drug-likeness (QED) is 0.781. The van der Waals surface area contributed by atoms with Crippen molar-refractivity contribution in [2.24, 2.45) is 0 Å². The Morgan fingerprint density at radius 2 is 1.87 bits per heavy atom. The molecule has 0 fully saturated rings. The van der Waals surface area contributed by atoms with Crippen molar-refractivity contribution in [2.75, 3.05) is 6.61 Å². The average molecular weight is 315 g/mol. The predicted octanol–water partition coefficient (Wildman–Crippen LogP) is 2.75. The van der Waals surface area contributed by atoms with E-state index in [0.29, 0.717) is 6.61 Å². The Kier molecular flexibility index (Phi) is 11.7. The summed E-state index contributed by atoms with van der Waals surface area (Å²) < 4.78 is 14.0. The van der Waals surface area contributed by atoms with Gasteiger partial charge in [0.1, 0.15) is 0 Å². The summed E-state index contributed by atoms with van der Waals surface area (Å²) >= 11 is -1.68. The molecule has 0 aliphatic carbocycles. The second kappa shape index (κ2) is 11.9. The van der Waals surface area contributed by atoms with Gasteiger partial charge < -0.3 is 0 Å². The van der Waals surface area contributed by atoms with Crippen LogP contribution in [0.2, 0.25) is 0 Å². The fourth-order valence-corrected chi connectivity index (χ4v) is 1.48. The molecule has 3 heteroatoms. The average Bonchev–Trinajstić information content (AvgIpc) is 2.30. The molecule has 0 aliphatic heterocycles. The molecule has 0 saturated carbocycles. The summed E-state index contributed by atoms with van der Waals surface area (Å²) in [4.78, 5) is 0. The van der Waals surface area contributed by atoms with E-state index in [1.54, 1.807) is 0 Å². The molecule has 1 aromatic carbocycles. The minimum absolute atomic E-state index is 0.616. The molecule has 0 bridgehead atoms. The summed E-state index contributed by atoms with van der Waals surface area (Å²) in [5.41, 5.74) is 1.46. The van der Waals surface area contributed by atoms with Gasteiger partial charge in [0.2, 0.25) is 0 Å². The van der Waals surface area contributed by atoms with E-state index in [9.17, 15) is 3.08 Å². The van der Waals surface area contributed by atoms with Crippen LogP contribution in [0.3, 0.4) is 0 Å². The molecular weight excluding hydrogens is 295 g/mol. The maximum atomic E-state index is 9.50. The van der Waals surface area contributed by atoms with Crippen molar-refractivity contribution in [3.05, 3.63) is 35.9 Å². The van der Waals surface area contributed by atoms with E-state index < -0.39 is 21.5 Å². The first-order valence-electron chi connectivity index (χ1n) is 5.44. The molecule has 0 atom stereocenters. The molecule has 84 valence electrons. The summed E-state index contributed by atoms with van der Waals surface area (Å²) in [5.74, 6) is 0. The summed E-state index contributed by atoms with van der Waals surface area (Å²) in [7, 11) is 0. The third kappa shape index (κ3) is 10.1. The van der Waals surface area contributed by atoms with E-state index in [1.165, 1.54) is 24.8 Å². The van der Waals surface area contributed by atoms with Gasteiger partial charge in [-0.05, 0) is 18.4 Å². The first-order chi connectivity index (χ1) is 7.35. The normalized spacial score (nSPS) is 8.93. The second-order valence-electron chi connectivity index (χ2n) is 3.14. The van der Waals surface area contributed by atoms with Crippen molar-refractivity contribution >= 4 is 21.5 Å². The Morgan fingerprint density at radius 1 is 1.20 bits per heavy atom. The van der Waals surface area contributed by atoms with E-state index in [2.05, 4.69) is 40.3 Å². The van der Waals surface area contributed by atoms with Crippen LogP contribution in [0.25, 0.3) is 0 Å². The van der Waals surface area contributed by atoms with Crippen LogP contribution in [-0.4, -0.2) is 28.1 Å². The molecule has 2 nitrogen and oxygen atoms in total. The molecule has 0 aromatic heterocycles. The second-order valence-corrected chi connectivity index (χ2v) is 4.64. The van der Waals surface area contributed by atoms with Crippen LogP contribution in [0.4, 0.5) is 0 Å². The molecule has 0 amide bonds. The Bertz CT molecular complexity index is 237. The summed E-state index contributed by atoms with van der Waals surface area (Å²) in [6.07, 6.45) is 3.83. The van der Waals surface area contributed by atoms with Gasteiger partial charge in [0.05, 0.1) is 0 Å². The molecule has 0 aliphatic rings. The van der Waals surface area contributed by atoms with Crippen LogP contribution in [0.15, 0.2) is 30.3 Å². The monoisotopic (exact) mass is 316 g/mol. The molecular formula is C12H20O2Sn. The molecule has 1 rings (SSSR count). The van der Waals surface area contributed by atoms with Gasteiger partial charge in [-0.15, -0.1) is 0 Å². The molecule has 0 heterocycles. The van der Waals surface area contributed by atoms with E-state index in [4.69, 9.17) is 0 Å². The first-order valence-corrected chi connectivity index (χ1v) is 8.13. The van der Waals surface area contributed by atoms with E-state index in [1.807, 2.05) is 6.92 Å². The Labute approximate surface area is 103 Å². The van der Waals surface area contributed by atoms with Crippen LogP contribution in [0, 0.1) is 0 Å². The standard InChI is InChI=1S/C10H14.C2H5O.O.Sn.H/c1-2-3-7-10-8-5-4-6-9-10;1-2-3;;;/h4-6,8-9H,2-3,7H2,1H3;2H2,1H3;;;/q;-1;;+1;. The SMILES string of the molecule is CCCCc1ccccc1.CC[O][SnH]=[O]. The Hall–Kier alpha value is -0.221. The van der Waals surface area contributed by atoms with Crippen LogP contribution in [0.5, 0.6) is 0 Å². The third-order valence-corrected chi connectivity index (χ3v) is 3.24.